The van der Waals surface area contributed by atoms with Crippen molar-refractivity contribution in [3.8, 4) is 0 Å². The van der Waals surface area contributed by atoms with Gasteiger partial charge in [-0.25, -0.2) is 4.39 Å². The fourth-order valence-electron chi connectivity index (χ4n) is 1.66. The van der Waals surface area contributed by atoms with Gasteiger partial charge in [0.2, 0.25) is 5.91 Å². The van der Waals surface area contributed by atoms with E-state index in [-0.39, 0.29) is 11.7 Å². The van der Waals surface area contributed by atoms with Crippen LogP contribution in [-0.2, 0) is 17.9 Å². The van der Waals surface area contributed by atoms with Crippen molar-refractivity contribution in [3.63, 3.8) is 0 Å². The van der Waals surface area contributed by atoms with Gasteiger partial charge in [-0.05, 0) is 18.7 Å². The number of benzene rings is 1. The van der Waals surface area contributed by atoms with Crippen LogP contribution in [0, 0.1) is 5.82 Å². The van der Waals surface area contributed by atoms with E-state index in [9.17, 15) is 9.18 Å². The minimum absolute atomic E-state index is 0.0157. The van der Waals surface area contributed by atoms with Gasteiger partial charge in [0.15, 0.2) is 0 Å². The fraction of sp³-hybridized carbons (Fsp3) is 0.462. The first kappa shape index (κ1) is 14.6. The molecule has 1 aromatic carbocycles. The highest BCUT2D eigenvalue weighted by Gasteiger charge is 2.08. The van der Waals surface area contributed by atoms with E-state index in [1.807, 2.05) is 11.9 Å². The van der Waals surface area contributed by atoms with Crippen molar-refractivity contribution in [1.29, 1.82) is 0 Å². The number of amides is 1. The fourth-order valence-corrected chi connectivity index (χ4v) is 1.66. The van der Waals surface area contributed by atoms with Gasteiger partial charge in [-0.3, -0.25) is 4.79 Å². The first-order chi connectivity index (χ1) is 8.56. The van der Waals surface area contributed by atoms with Gasteiger partial charge >= 0.3 is 0 Å². The molecule has 0 fully saturated rings. The Morgan fingerprint density at radius 2 is 2.22 bits per heavy atom. The molecule has 0 saturated carbocycles. The molecular formula is C13H20FN3O. The first-order valence-corrected chi connectivity index (χ1v) is 5.93. The molecule has 1 aromatic rings. The Labute approximate surface area is 107 Å². The summed E-state index contributed by atoms with van der Waals surface area (Å²) in [7, 11) is 3.46. The minimum Gasteiger partial charge on any atom is -0.359 e. The minimum atomic E-state index is -0.237. The van der Waals surface area contributed by atoms with Gasteiger partial charge in [0, 0.05) is 38.7 Å². The maximum Gasteiger partial charge on any atom is 0.221 e. The average molecular weight is 253 g/mol. The van der Waals surface area contributed by atoms with Crippen molar-refractivity contribution in [2.45, 2.75) is 19.5 Å². The number of nitrogens with two attached hydrogens (primary N) is 1. The standard InChI is InChI=1S/C13H20FN3O/c1-16-13(18)5-6-17(2)9-11-7-10(8-15)3-4-12(11)14/h3-4,7H,5-6,8-9,15H2,1-2H3,(H,16,18). The summed E-state index contributed by atoms with van der Waals surface area (Å²) in [5.74, 6) is -0.253. The van der Waals surface area contributed by atoms with Crippen LogP contribution in [0.1, 0.15) is 17.5 Å². The zero-order valence-corrected chi connectivity index (χ0v) is 10.9. The Hall–Kier alpha value is -1.46. The molecule has 0 aliphatic rings. The molecule has 5 heteroatoms. The predicted molar refractivity (Wildman–Crippen MR) is 69.3 cm³/mol. The molecule has 0 atom stereocenters. The lowest BCUT2D eigenvalue weighted by Gasteiger charge is -2.17. The van der Waals surface area contributed by atoms with Crippen LogP contribution in [0.2, 0.25) is 0 Å². The number of carbonyl (C=O) groups is 1. The monoisotopic (exact) mass is 253 g/mol. The molecule has 4 nitrogen and oxygen atoms in total. The molecule has 100 valence electrons. The smallest absolute Gasteiger partial charge is 0.221 e. The number of nitrogens with one attached hydrogen (secondary N) is 1. The molecule has 0 aromatic heterocycles. The lowest BCUT2D eigenvalue weighted by Crippen LogP contribution is -2.26. The van der Waals surface area contributed by atoms with Crippen LogP contribution >= 0.6 is 0 Å². The third-order valence-electron chi connectivity index (χ3n) is 2.79. The number of hydrogen-bond acceptors (Lipinski definition) is 3. The third-order valence-corrected chi connectivity index (χ3v) is 2.79. The van der Waals surface area contributed by atoms with E-state index < -0.39 is 0 Å². The molecule has 0 heterocycles. The molecule has 0 aliphatic heterocycles. The number of rotatable bonds is 6. The first-order valence-electron chi connectivity index (χ1n) is 5.93. The van der Waals surface area contributed by atoms with Crippen molar-refractivity contribution in [3.05, 3.63) is 35.1 Å². The van der Waals surface area contributed by atoms with Crippen LogP contribution in [-0.4, -0.2) is 31.4 Å². The summed E-state index contributed by atoms with van der Waals surface area (Å²) in [6, 6.07) is 4.89. The van der Waals surface area contributed by atoms with E-state index in [0.29, 0.717) is 31.6 Å². The molecule has 1 amide bonds. The number of hydrogen-bond donors (Lipinski definition) is 2. The molecule has 18 heavy (non-hydrogen) atoms. The molecule has 0 saturated heterocycles. The zero-order chi connectivity index (χ0) is 13.5. The lowest BCUT2D eigenvalue weighted by atomic mass is 10.1. The van der Waals surface area contributed by atoms with Crippen molar-refractivity contribution in [2.24, 2.45) is 5.73 Å². The second kappa shape index (κ2) is 7.08. The van der Waals surface area contributed by atoms with E-state index in [1.165, 1.54) is 6.07 Å². The second-order valence-electron chi connectivity index (χ2n) is 4.29. The van der Waals surface area contributed by atoms with Crippen molar-refractivity contribution < 1.29 is 9.18 Å². The van der Waals surface area contributed by atoms with E-state index in [2.05, 4.69) is 5.32 Å². The van der Waals surface area contributed by atoms with E-state index in [1.54, 1.807) is 19.2 Å². The van der Waals surface area contributed by atoms with Gasteiger partial charge in [0.05, 0.1) is 0 Å². The molecule has 0 aliphatic carbocycles. The largest absolute Gasteiger partial charge is 0.359 e. The summed E-state index contributed by atoms with van der Waals surface area (Å²) < 4.78 is 13.6. The molecule has 0 radical (unpaired) electrons. The Kier molecular flexibility index (Phi) is 5.74. The van der Waals surface area contributed by atoms with E-state index >= 15 is 0 Å². The van der Waals surface area contributed by atoms with Crippen LogP contribution in [0.5, 0.6) is 0 Å². The Bertz CT molecular complexity index is 409. The van der Waals surface area contributed by atoms with Crippen molar-refractivity contribution in [1.82, 2.24) is 10.2 Å². The van der Waals surface area contributed by atoms with Crippen LogP contribution in [0.15, 0.2) is 18.2 Å². The summed E-state index contributed by atoms with van der Waals surface area (Å²) >= 11 is 0. The highest BCUT2D eigenvalue weighted by atomic mass is 19.1. The predicted octanol–water partition coefficient (Wildman–Crippen LogP) is 0.852. The number of carbonyl (C=O) groups excluding carboxylic acids is 1. The molecule has 0 bridgehead atoms. The van der Waals surface area contributed by atoms with E-state index in [4.69, 9.17) is 5.73 Å². The van der Waals surface area contributed by atoms with E-state index in [0.717, 1.165) is 5.56 Å². The summed E-state index contributed by atoms with van der Waals surface area (Å²) in [6.07, 6.45) is 0.408. The number of nitrogens with zero attached hydrogens (tertiary/aromatic N) is 1. The summed E-state index contributed by atoms with van der Waals surface area (Å²) in [4.78, 5) is 13.0. The number of halogens is 1. The molecule has 3 N–H and O–H groups in total. The summed E-state index contributed by atoms with van der Waals surface area (Å²) in [6.45, 7) is 1.46. The van der Waals surface area contributed by atoms with Gasteiger partial charge in [-0.1, -0.05) is 12.1 Å². The molecule has 0 spiro atoms. The highest BCUT2D eigenvalue weighted by molar-refractivity contribution is 5.75. The van der Waals surface area contributed by atoms with Gasteiger partial charge in [-0.15, -0.1) is 0 Å². The summed E-state index contributed by atoms with van der Waals surface area (Å²) in [5.41, 5.74) is 7.04. The lowest BCUT2D eigenvalue weighted by molar-refractivity contribution is -0.120. The second-order valence-corrected chi connectivity index (χ2v) is 4.29. The normalized spacial score (nSPS) is 10.7. The summed E-state index contributed by atoms with van der Waals surface area (Å²) in [5, 5.41) is 2.56. The van der Waals surface area contributed by atoms with Gasteiger partial charge in [0.1, 0.15) is 5.82 Å². The van der Waals surface area contributed by atoms with Gasteiger partial charge < -0.3 is 16.0 Å². The van der Waals surface area contributed by atoms with Crippen molar-refractivity contribution in [2.75, 3.05) is 20.6 Å². The van der Waals surface area contributed by atoms with Crippen LogP contribution in [0.3, 0.4) is 0 Å². The van der Waals surface area contributed by atoms with Crippen LogP contribution in [0.25, 0.3) is 0 Å². The average Bonchev–Trinajstić information content (AvgIpc) is 2.38. The van der Waals surface area contributed by atoms with Crippen LogP contribution < -0.4 is 11.1 Å². The maximum atomic E-state index is 13.6. The zero-order valence-electron chi connectivity index (χ0n) is 10.9. The Morgan fingerprint density at radius 1 is 1.50 bits per heavy atom. The van der Waals surface area contributed by atoms with Gasteiger partial charge in [0.25, 0.3) is 0 Å². The third kappa shape index (κ3) is 4.43. The molecule has 1 rings (SSSR count). The quantitative estimate of drug-likeness (QED) is 0.790. The van der Waals surface area contributed by atoms with Gasteiger partial charge in [-0.2, -0.15) is 0 Å². The highest BCUT2D eigenvalue weighted by Crippen LogP contribution is 2.12. The van der Waals surface area contributed by atoms with Crippen molar-refractivity contribution >= 4 is 5.91 Å². The Morgan fingerprint density at radius 3 is 2.83 bits per heavy atom. The molecular weight excluding hydrogens is 233 g/mol. The molecule has 0 unspecified atom stereocenters. The van der Waals surface area contributed by atoms with Crippen LogP contribution in [0.4, 0.5) is 4.39 Å². The maximum absolute atomic E-state index is 13.6. The Balaban J connectivity index is 2.58. The topological polar surface area (TPSA) is 58.4 Å². The SMILES string of the molecule is CNC(=O)CCN(C)Cc1cc(CN)ccc1F.